The van der Waals surface area contributed by atoms with Crippen LogP contribution in [0.25, 0.3) is 0 Å². The molecule has 2 rings (SSSR count). The number of halogens is 2. The number of hydrogen-bond acceptors (Lipinski definition) is 2. The Kier molecular flexibility index (Phi) is 6.38. The van der Waals surface area contributed by atoms with E-state index < -0.39 is 5.82 Å². The zero-order valence-corrected chi connectivity index (χ0v) is 13.6. The van der Waals surface area contributed by atoms with Crippen LogP contribution >= 0.6 is 11.6 Å². The molecule has 0 spiro atoms. The molecule has 2 aromatic rings. The van der Waals surface area contributed by atoms with Crippen molar-refractivity contribution in [2.45, 2.75) is 0 Å². The number of rotatable bonds is 7. The molecule has 6 heteroatoms. The van der Waals surface area contributed by atoms with E-state index in [4.69, 9.17) is 16.3 Å². The predicted octanol–water partition coefficient (Wildman–Crippen LogP) is 2.01. The van der Waals surface area contributed by atoms with Crippen molar-refractivity contribution in [1.29, 1.82) is 0 Å². The number of ether oxygens (including phenoxy) is 1. The van der Waals surface area contributed by atoms with Gasteiger partial charge in [-0.25, -0.2) is 4.39 Å². The second kappa shape index (κ2) is 8.50. The minimum Gasteiger partial charge on any atom is -0.488 e. The lowest BCUT2D eigenvalue weighted by Crippen LogP contribution is -3.10. The van der Waals surface area contributed by atoms with Gasteiger partial charge in [-0.2, -0.15) is 0 Å². The highest BCUT2D eigenvalue weighted by atomic mass is 35.5. The molecule has 1 atom stereocenters. The fraction of sp³-hybridized carbons (Fsp3) is 0.235. The van der Waals surface area contributed by atoms with Crippen molar-refractivity contribution in [2.24, 2.45) is 0 Å². The molecule has 0 aliphatic rings. The molecular weight excluding hydrogens is 319 g/mol. The van der Waals surface area contributed by atoms with E-state index in [1.807, 2.05) is 37.4 Å². The number of benzene rings is 2. The third-order valence-corrected chi connectivity index (χ3v) is 3.50. The molecule has 0 bridgehead atoms. The summed E-state index contributed by atoms with van der Waals surface area (Å²) in [6.45, 7) is 1.49. The van der Waals surface area contributed by atoms with Gasteiger partial charge in [0.2, 0.25) is 0 Å². The number of para-hydroxylation sites is 1. The van der Waals surface area contributed by atoms with E-state index in [1.165, 1.54) is 18.2 Å². The molecule has 0 saturated heterocycles. The second-order valence-electron chi connectivity index (χ2n) is 5.22. The van der Waals surface area contributed by atoms with Crippen molar-refractivity contribution >= 4 is 23.2 Å². The van der Waals surface area contributed by atoms with E-state index in [1.54, 1.807) is 0 Å². The van der Waals surface area contributed by atoms with Crippen LogP contribution in [0.2, 0.25) is 5.02 Å². The molecule has 0 fully saturated rings. The first-order chi connectivity index (χ1) is 11.0. The van der Waals surface area contributed by atoms with Gasteiger partial charge >= 0.3 is 0 Å². The van der Waals surface area contributed by atoms with Gasteiger partial charge in [0.15, 0.2) is 6.54 Å². The largest absolute Gasteiger partial charge is 0.488 e. The minimum absolute atomic E-state index is 0.0141. The number of anilines is 1. The summed E-state index contributed by atoms with van der Waals surface area (Å²) < 4.78 is 18.7. The topological polar surface area (TPSA) is 42.8 Å². The highest BCUT2D eigenvalue weighted by Crippen LogP contribution is 2.19. The first-order valence-corrected chi connectivity index (χ1v) is 7.66. The number of hydrogen-bond donors (Lipinski definition) is 2. The van der Waals surface area contributed by atoms with Crippen molar-refractivity contribution in [3.63, 3.8) is 0 Å². The smallest absolute Gasteiger partial charge is 0.279 e. The molecule has 23 heavy (non-hydrogen) atoms. The quantitative estimate of drug-likeness (QED) is 0.811. The number of likely N-dealkylation sites (N-methyl/N-ethyl adjacent to an activating group) is 1. The lowest BCUT2D eigenvalue weighted by atomic mass is 10.3. The Labute approximate surface area is 139 Å². The van der Waals surface area contributed by atoms with Crippen LogP contribution in [0.4, 0.5) is 10.1 Å². The maximum atomic E-state index is 13.1. The molecule has 2 N–H and O–H groups in total. The van der Waals surface area contributed by atoms with Gasteiger partial charge in [0.05, 0.1) is 12.1 Å². The van der Waals surface area contributed by atoms with E-state index in [0.29, 0.717) is 18.8 Å². The third-order valence-electron chi connectivity index (χ3n) is 3.21. The third kappa shape index (κ3) is 5.88. The standard InChI is InChI=1S/C17H18ClFN2O2/c1-21(9-10-23-14-5-3-2-4-6-14)12-17(22)20-13-7-8-16(19)15(18)11-13/h2-8,11H,9-10,12H2,1H3,(H,20,22)/p+1. The van der Waals surface area contributed by atoms with Crippen molar-refractivity contribution < 1.29 is 18.8 Å². The van der Waals surface area contributed by atoms with Crippen LogP contribution < -0.4 is 15.0 Å². The Bertz CT molecular complexity index is 652. The van der Waals surface area contributed by atoms with Crippen molar-refractivity contribution in [3.05, 3.63) is 59.4 Å². The molecule has 4 nitrogen and oxygen atoms in total. The van der Waals surface area contributed by atoms with Gasteiger partial charge in [-0.15, -0.1) is 0 Å². The van der Waals surface area contributed by atoms with Crippen molar-refractivity contribution in [1.82, 2.24) is 0 Å². The van der Waals surface area contributed by atoms with Gasteiger partial charge in [0, 0.05) is 5.69 Å². The summed E-state index contributed by atoms with van der Waals surface area (Å²) in [5.74, 6) is 0.140. The highest BCUT2D eigenvalue weighted by Gasteiger charge is 2.11. The summed E-state index contributed by atoms with van der Waals surface area (Å²) in [5.41, 5.74) is 0.481. The molecule has 0 aromatic heterocycles. The van der Waals surface area contributed by atoms with Crippen LogP contribution in [0.3, 0.4) is 0 Å². The van der Waals surface area contributed by atoms with E-state index in [9.17, 15) is 9.18 Å². The minimum atomic E-state index is -0.509. The monoisotopic (exact) mass is 337 g/mol. The Morgan fingerprint density at radius 1 is 1.26 bits per heavy atom. The van der Waals surface area contributed by atoms with Crippen LogP contribution in [0.5, 0.6) is 5.75 Å². The number of carbonyl (C=O) groups excluding carboxylic acids is 1. The van der Waals surface area contributed by atoms with Gasteiger partial charge in [-0.3, -0.25) is 4.79 Å². The first kappa shape index (κ1) is 17.2. The molecule has 1 unspecified atom stereocenters. The van der Waals surface area contributed by atoms with E-state index in [0.717, 1.165) is 10.6 Å². The summed E-state index contributed by atoms with van der Waals surface area (Å²) in [5, 5.41) is 2.68. The maximum absolute atomic E-state index is 13.1. The van der Waals surface area contributed by atoms with Gasteiger partial charge in [-0.1, -0.05) is 29.8 Å². The molecule has 1 amide bonds. The summed E-state index contributed by atoms with van der Waals surface area (Å²) >= 11 is 5.68. The van der Waals surface area contributed by atoms with E-state index in [2.05, 4.69) is 5.32 Å². The first-order valence-electron chi connectivity index (χ1n) is 7.28. The second-order valence-corrected chi connectivity index (χ2v) is 5.63. The SMILES string of the molecule is C[NH+](CCOc1ccccc1)CC(=O)Nc1ccc(F)c(Cl)c1. The lowest BCUT2D eigenvalue weighted by Gasteiger charge is -2.14. The van der Waals surface area contributed by atoms with Crippen molar-refractivity contribution in [3.8, 4) is 5.75 Å². The number of quaternary nitrogens is 1. The molecule has 0 radical (unpaired) electrons. The Morgan fingerprint density at radius 3 is 2.70 bits per heavy atom. The average molecular weight is 338 g/mol. The summed E-state index contributed by atoms with van der Waals surface area (Å²) in [7, 11) is 1.91. The van der Waals surface area contributed by atoms with Gasteiger partial charge in [-0.05, 0) is 30.3 Å². The number of carbonyl (C=O) groups is 1. The van der Waals surface area contributed by atoms with E-state index in [-0.39, 0.29) is 17.5 Å². The summed E-state index contributed by atoms with van der Waals surface area (Å²) in [4.78, 5) is 12.9. The van der Waals surface area contributed by atoms with Crippen LogP contribution in [0.1, 0.15) is 0 Å². The fourth-order valence-electron chi connectivity index (χ4n) is 2.00. The van der Waals surface area contributed by atoms with Gasteiger partial charge < -0.3 is 15.0 Å². The molecule has 0 heterocycles. The normalized spacial score (nSPS) is 11.8. The lowest BCUT2D eigenvalue weighted by molar-refractivity contribution is -0.871. The highest BCUT2D eigenvalue weighted by molar-refractivity contribution is 6.31. The zero-order valence-electron chi connectivity index (χ0n) is 12.8. The number of nitrogens with one attached hydrogen (secondary N) is 2. The Balaban J connectivity index is 1.72. The summed E-state index contributed by atoms with van der Waals surface area (Å²) in [6.07, 6.45) is 0. The van der Waals surface area contributed by atoms with E-state index >= 15 is 0 Å². The Hall–Kier alpha value is -2.11. The summed E-state index contributed by atoms with van der Waals surface area (Å²) in [6, 6.07) is 13.6. The van der Waals surface area contributed by atoms with Crippen LogP contribution in [0.15, 0.2) is 48.5 Å². The molecule has 0 aliphatic carbocycles. The molecule has 0 saturated carbocycles. The molecular formula is C17H19ClFN2O2+. The molecule has 2 aromatic carbocycles. The van der Waals surface area contributed by atoms with Crippen LogP contribution in [-0.2, 0) is 4.79 Å². The van der Waals surface area contributed by atoms with Crippen molar-refractivity contribution in [2.75, 3.05) is 32.1 Å². The molecule has 122 valence electrons. The molecule has 0 aliphatic heterocycles. The predicted molar refractivity (Wildman–Crippen MR) is 88.6 cm³/mol. The fourth-order valence-corrected chi connectivity index (χ4v) is 2.18. The van der Waals surface area contributed by atoms with Crippen LogP contribution in [0, 0.1) is 5.82 Å². The maximum Gasteiger partial charge on any atom is 0.279 e. The Morgan fingerprint density at radius 2 is 2.00 bits per heavy atom. The van der Waals surface area contributed by atoms with Crippen LogP contribution in [-0.4, -0.2) is 32.7 Å². The van der Waals surface area contributed by atoms with Gasteiger partial charge in [0.25, 0.3) is 5.91 Å². The number of amides is 1. The zero-order chi connectivity index (χ0) is 16.7. The van der Waals surface area contributed by atoms with Gasteiger partial charge in [0.1, 0.15) is 24.7 Å². The average Bonchev–Trinajstić information content (AvgIpc) is 2.52.